The Morgan fingerprint density at radius 3 is 2.85 bits per heavy atom. The predicted molar refractivity (Wildman–Crippen MR) is 77.8 cm³/mol. The van der Waals surface area contributed by atoms with Gasteiger partial charge in [-0.05, 0) is 25.5 Å². The van der Waals surface area contributed by atoms with Crippen LogP contribution in [-0.2, 0) is 6.42 Å². The minimum absolute atomic E-state index is 0.136. The van der Waals surface area contributed by atoms with Crippen LogP contribution in [0.2, 0.25) is 0 Å². The molecule has 0 aromatic carbocycles. The van der Waals surface area contributed by atoms with Crippen LogP contribution in [0.15, 0.2) is 12.1 Å². The van der Waals surface area contributed by atoms with Crippen LogP contribution in [0.1, 0.15) is 36.3 Å². The number of hydrogen-bond donors (Lipinski definition) is 2. The van der Waals surface area contributed by atoms with Crippen LogP contribution in [-0.4, -0.2) is 29.4 Å². The number of amides is 1. The molecule has 20 heavy (non-hydrogen) atoms. The quantitative estimate of drug-likeness (QED) is 0.606. The molecule has 1 rings (SSSR count). The van der Waals surface area contributed by atoms with Crippen molar-refractivity contribution < 1.29 is 4.79 Å². The van der Waals surface area contributed by atoms with Crippen molar-refractivity contribution in [2.45, 2.75) is 26.7 Å². The number of hydrazine groups is 1. The molecule has 6 nitrogen and oxygen atoms in total. The first-order valence-electron chi connectivity index (χ1n) is 6.64. The molecule has 1 aromatic rings. The average Bonchev–Trinajstić information content (AvgIpc) is 2.46. The maximum atomic E-state index is 12.3. The molecule has 0 aliphatic rings. The van der Waals surface area contributed by atoms with Crippen molar-refractivity contribution in [1.82, 2.24) is 9.88 Å². The van der Waals surface area contributed by atoms with Crippen molar-refractivity contribution in [3.8, 4) is 6.07 Å². The monoisotopic (exact) mass is 275 g/mol. The first kappa shape index (κ1) is 15.9. The van der Waals surface area contributed by atoms with Gasteiger partial charge in [-0.1, -0.05) is 13.3 Å². The summed E-state index contributed by atoms with van der Waals surface area (Å²) in [7, 11) is 1.69. The Morgan fingerprint density at radius 1 is 1.60 bits per heavy atom. The van der Waals surface area contributed by atoms with E-state index in [4.69, 9.17) is 11.1 Å². The Labute approximate surface area is 119 Å². The third-order valence-corrected chi connectivity index (χ3v) is 2.89. The summed E-state index contributed by atoms with van der Waals surface area (Å²) in [5.74, 6) is 5.52. The van der Waals surface area contributed by atoms with Gasteiger partial charge < -0.3 is 10.3 Å². The number of pyridine rings is 1. The lowest BCUT2D eigenvalue weighted by molar-refractivity contribution is 0.0785. The summed E-state index contributed by atoms with van der Waals surface area (Å²) in [5.41, 5.74) is 3.84. The first-order chi connectivity index (χ1) is 9.51. The van der Waals surface area contributed by atoms with Gasteiger partial charge in [-0.25, -0.2) is 10.8 Å². The Morgan fingerprint density at radius 2 is 2.30 bits per heavy atom. The van der Waals surface area contributed by atoms with E-state index in [9.17, 15) is 4.79 Å². The van der Waals surface area contributed by atoms with Crippen molar-refractivity contribution in [2.24, 2.45) is 11.8 Å². The highest BCUT2D eigenvalue weighted by atomic mass is 16.2. The van der Waals surface area contributed by atoms with E-state index in [1.165, 1.54) is 0 Å². The van der Waals surface area contributed by atoms with Gasteiger partial charge in [0.2, 0.25) is 0 Å². The van der Waals surface area contributed by atoms with E-state index < -0.39 is 0 Å². The van der Waals surface area contributed by atoms with Gasteiger partial charge >= 0.3 is 0 Å². The van der Waals surface area contributed by atoms with Gasteiger partial charge in [0.05, 0.1) is 12.0 Å². The summed E-state index contributed by atoms with van der Waals surface area (Å²) < 4.78 is 0. The van der Waals surface area contributed by atoms with E-state index in [1.807, 2.05) is 6.92 Å². The second-order valence-electron chi connectivity index (χ2n) is 4.84. The van der Waals surface area contributed by atoms with Crippen LogP contribution in [0.5, 0.6) is 0 Å². The van der Waals surface area contributed by atoms with E-state index in [-0.39, 0.29) is 11.8 Å². The maximum absolute atomic E-state index is 12.3. The largest absolute Gasteiger partial charge is 0.340 e. The number of nitrogens with one attached hydrogen (secondary N) is 1. The van der Waals surface area contributed by atoms with Crippen LogP contribution in [0.25, 0.3) is 0 Å². The Balaban J connectivity index is 2.96. The SMILES string of the molecule is CCCc1cc(C(=O)N(C)CC(C)C#N)cc(NN)n1. The molecule has 1 unspecified atom stereocenters. The first-order valence-corrected chi connectivity index (χ1v) is 6.64. The molecule has 0 saturated carbocycles. The topological polar surface area (TPSA) is 95.0 Å². The van der Waals surface area contributed by atoms with Gasteiger partial charge in [-0.15, -0.1) is 0 Å². The molecular weight excluding hydrogens is 254 g/mol. The zero-order valence-electron chi connectivity index (χ0n) is 12.2. The second kappa shape index (κ2) is 7.46. The number of rotatable bonds is 6. The molecule has 1 aromatic heterocycles. The number of hydrogen-bond acceptors (Lipinski definition) is 5. The summed E-state index contributed by atoms with van der Waals surface area (Å²) in [6.07, 6.45) is 1.73. The molecule has 0 bridgehead atoms. The number of carbonyl (C=O) groups is 1. The Kier molecular flexibility index (Phi) is 5.94. The standard InChI is InChI=1S/C14H21N5O/c1-4-5-12-6-11(7-13(17-12)18-16)14(20)19(3)9-10(2)8-15/h6-7,10H,4-5,9,16H2,1-3H3,(H,17,18). The predicted octanol–water partition coefficient (Wildman–Crippen LogP) is 1.55. The molecule has 108 valence electrons. The molecular formula is C14H21N5O. The minimum Gasteiger partial charge on any atom is -0.340 e. The molecule has 3 N–H and O–H groups in total. The summed E-state index contributed by atoms with van der Waals surface area (Å²) in [6.45, 7) is 4.23. The van der Waals surface area contributed by atoms with Crippen LogP contribution in [0, 0.1) is 17.2 Å². The lowest BCUT2D eigenvalue weighted by Gasteiger charge is -2.19. The van der Waals surface area contributed by atoms with E-state index in [0.717, 1.165) is 18.5 Å². The van der Waals surface area contributed by atoms with Gasteiger partial charge in [0.15, 0.2) is 0 Å². The number of nitrogens with zero attached hydrogens (tertiary/aromatic N) is 3. The lowest BCUT2D eigenvalue weighted by atomic mass is 10.1. The van der Waals surface area contributed by atoms with Crippen LogP contribution < -0.4 is 11.3 Å². The molecule has 0 fully saturated rings. The van der Waals surface area contributed by atoms with E-state index in [1.54, 1.807) is 31.0 Å². The van der Waals surface area contributed by atoms with E-state index in [0.29, 0.717) is 17.9 Å². The normalized spacial score (nSPS) is 11.6. The molecule has 1 heterocycles. The summed E-state index contributed by atoms with van der Waals surface area (Å²) in [4.78, 5) is 18.2. The number of nitrogens with two attached hydrogens (primary N) is 1. The summed E-state index contributed by atoms with van der Waals surface area (Å²) in [6, 6.07) is 5.52. The van der Waals surface area contributed by atoms with Crippen molar-refractivity contribution in [3.05, 3.63) is 23.4 Å². The van der Waals surface area contributed by atoms with Crippen molar-refractivity contribution in [3.63, 3.8) is 0 Å². The fourth-order valence-electron chi connectivity index (χ4n) is 1.92. The fourth-order valence-corrected chi connectivity index (χ4v) is 1.92. The number of nitrogen functional groups attached to an aromatic ring is 1. The van der Waals surface area contributed by atoms with Gasteiger partial charge in [-0.2, -0.15) is 5.26 Å². The third-order valence-electron chi connectivity index (χ3n) is 2.89. The van der Waals surface area contributed by atoms with Crippen LogP contribution >= 0.6 is 0 Å². The molecule has 1 atom stereocenters. The van der Waals surface area contributed by atoms with E-state index >= 15 is 0 Å². The highest BCUT2D eigenvalue weighted by molar-refractivity contribution is 5.94. The maximum Gasteiger partial charge on any atom is 0.253 e. The number of carbonyl (C=O) groups excluding carboxylic acids is 1. The lowest BCUT2D eigenvalue weighted by Crippen LogP contribution is -2.31. The molecule has 0 aliphatic carbocycles. The molecule has 0 saturated heterocycles. The van der Waals surface area contributed by atoms with Gasteiger partial charge in [0.1, 0.15) is 5.82 Å². The molecule has 6 heteroatoms. The average molecular weight is 275 g/mol. The van der Waals surface area contributed by atoms with Gasteiger partial charge in [0, 0.05) is 24.8 Å². The van der Waals surface area contributed by atoms with Gasteiger partial charge in [0.25, 0.3) is 5.91 Å². The summed E-state index contributed by atoms with van der Waals surface area (Å²) >= 11 is 0. The van der Waals surface area contributed by atoms with E-state index in [2.05, 4.69) is 16.5 Å². The Hall–Kier alpha value is -2.13. The fraction of sp³-hybridized carbons (Fsp3) is 0.500. The number of nitriles is 1. The molecule has 0 spiro atoms. The zero-order valence-corrected chi connectivity index (χ0v) is 12.2. The second-order valence-corrected chi connectivity index (χ2v) is 4.84. The number of anilines is 1. The smallest absolute Gasteiger partial charge is 0.253 e. The zero-order chi connectivity index (χ0) is 15.1. The van der Waals surface area contributed by atoms with Gasteiger partial charge in [-0.3, -0.25) is 4.79 Å². The third kappa shape index (κ3) is 4.21. The molecule has 0 aliphatic heterocycles. The Bertz CT molecular complexity index is 509. The van der Waals surface area contributed by atoms with Crippen LogP contribution in [0.4, 0.5) is 5.82 Å². The summed E-state index contributed by atoms with van der Waals surface area (Å²) in [5, 5.41) is 8.81. The van der Waals surface area contributed by atoms with Crippen LogP contribution in [0.3, 0.4) is 0 Å². The molecule has 0 radical (unpaired) electrons. The molecule has 1 amide bonds. The van der Waals surface area contributed by atoms with Crippen molar-refractivity contribution in [2.75, 3.05) is 19.0 Å². The minimum atomic E-state index is -0.201. The number of aromatic nitrogens is 1. The highest BCUT2D eigenvalue weighted by Gasteiger charge is 2.16. The van der Waals surface area contributed by atoms with Crippen molar-refractivity contribution >= 4 is 11.7 Å². The highest BCUT2D eigenvalue weighted by Crippen LogP contribution is 2.14. The number of aryl methyl sites for hydroxylation is 1. The van der Waals surface area contributed by atoms with Crippen molar-refractivity contribution in [1.29, 1.82) is 5.26 Å².